The lowest BCUT2D eigenvalue weighted by Crippen LogP contribution is -2.24. The van der Waals surface area contributed by atoms with Gasteiger partial charge in [0.1, 0.15) is 0 Å². The molecule has 4 rings (SSSR count). The van der Waals surface area contributed by atoms with Crippen LogP contribution in [0.4, 0.5) is 0 Å². The van der Waals surface area contributed by atoms with E-state index in [9.17, 15) is 0 Å². The number of hydrogen-bond acceptors (Lipinski definition) is 5. The van der Waals surface area contributed by atoms with Crippen molar-refractivity contribution in [2.45, 2.75) is 39.1 Å². The molecule has 3 atom stereocenters. The van der Waals surface area contributed by atoms with Crippen molar-refractivity contribution < 1.29 is 9.47 Å². The van der Waals surface area contributed by atoms with E-state index in [1.807, 2.05) is 35.3 Å². The molecule has 2 aromatic rings. The van der Waals surface area contributed by atoms with E-state index in [0.717, 1.165) is 51.5 Å². The first-order valence-corrected chi connectivity index (χ1v) is 9.64. The van der Waals surface area contributed by atoms with Crippen LogP contribution in [-0.2, 0) is 29.2 Å². The molecule has 2 aromatic heterocycles. The van der Waals surface area contributed by atoms with Crippen LogP contribution in [0.25, 0.3) is 0 Å². The van der Waals surface area contributed by atoms with E-state index < -0.39 is 0 Å². The molecule has 2 aliphatic heterocycles. The summed E-state index contributed by atoms with van der Waals surface area (Å²) in [5.41, 5.74) is 2.29. The zero-order valence-corrected chi connectivity index (χ0v) is 15.5. The summed E-state index contributed by atoms with van der Waals surface area (Å²) in [6, 6.07) is 5.93. The maximum Gasteiger partial charge on any atom is 0.0887 e. The van der Waals surface area contributed by atoms with Crippen molar-refractivity contribution in [1.82, 2.24) is 19.7 Å². The monoisotopic (exact) mass is 356 g/mol. The summed E-state index contributed by atoms with van der Waals surface area (Å²) in [5.74, 6) is 1.24. The van der Waals surface area contributed by atoms with Crippen molar-refractivity contribution in [1.29, 1.82) is 0 Å². The molecule has 0 saturated carbocycles. The first-order chi connectivity index (χ1) is 12.8. The molecule has 0 radical (unpaired) electrons. The van der Waals surface area contributed by atoms with Crippen molar-refractivity contribution in [2.75, 3.05) is 26.3 Å². The van der Waals surface area contributed by atoms with Crippen molar-refractivity contribution in [3.63, 3.8) is 0 Å². The van der Waals surface area contributed by atoms with Crippen molar-refractivity contribution in [3.8, 4) is 0 Å². The average molecular weight is 356 g/mol. The van der Waals surface area contributed by atoms with E-state index in [1.54, 1.807) is 0 Å². The fraction of sp³-hybridized carbons (Fsp3) is 0.600. The lowest BCUT2D eigenvalue weighted by Gasteiger charge is -2.19. The second-order valence-electron chi connectivity index (χ2n) is 7.36. The van der Waals surface area contributed by atoms with Crippen LogP contribution in [0.2, 0.25) is 0 Å². The van der Waals surface area contributed by atoms with Gasteiger partial charge in [-0.2, -0.15) is 5.10 Å². The van der Waals surface area contributed by atoms with E-state index in [0.29, 0.717) is 24.5 Å². The van der Waals surface area contributed by atoms with Crippen LogP contribution in [0.3, 0.4) is 0 Å². The lowest BCUT2D eigenvalue weighted by atomic mass is 9.91. The molecule has 2 aliphatic rings. The zero-order valence-electron chi connectivity index (χ0n) is 15.5. The highest BCUT2D eigenvalue weighted by molar-refractivity contribution is 5.05. The molecule has 2 fully saturated rings. The minimum Gasteiger partial charge on any atom is -0.376 e. The predicted molar refractivity (Wildman–Crippen MR) is 98.4 cm³/mol. The molecule has 0 spiro atoms. The zero-order chi connectivity index (χ0) is 17.8. The van der Waals surface area contributed by atoms with Gasteiger partial charge in [0.05, 0.1) is 31.2 Å². The molecule has 0 aromatic carbocycles. The van der Waals surface area contributed by atoms with Crippen LogP contribution in [0.15, 0.2) is 36.8 Å². The smallest absolute Gasteiger partial charge is 0.0887 e. The summed E-state index contributed by atoms with van der Waals surface area (Å²) >= 11 is 0. The maximum atomic E-state index is 6.07. The van der Waals surface area contributed by atoms with Gasteiger partial charge < -0.3 is 9.47 Å². The number of aryl methyl sites for hydroxylation is 1. The Morgan fingerprint density at radius 3 is 3.08 bits per heavy atom. The van der Waals surface area contributed by atoms with Crippen LogP contribution in [0.1, 0.15) is 24.6 Å². The molecule has 0 unspecified atom stereocenters. The van der Waals surface area contributed by atoms with Crippen molar-refractivity contribution >= 4 is 0 Å². The lowest BCUT2D eigenvalue weighted by molar-refractivity contribution is 0.0811. The third-order valence-electron chi connectivity index (χ3n) is 5.54. The number of fused-ring (bicyclic) bond motifs is 1. The largest absolute Gasteiger partial charge is 0.376 e. The first-order valence-electron chi connectivity index (χ1n) is 9.64. The molecule has 6 heteroatoms. The highest BCUT2D eigenvalue weighted by Gasteiger charge is 2.43. The Morgan fingerprint density at radius 2 is 2.27 bits per heavy atom. The maximum absolute atomic E-state index is 6.07. The molecule has 0 aliphatic carbocycles. The van der Waals surface area contributed by atoms with E-state index in [4.69, 9.17) is 9.47 Å². The van der Waals surface area contributed by atoms with Gasteiger partial charge in [0.2, 0.25) is 0 Å². The van der Waals surface area contributed by atoms with Crippen molar-refractivity contribution in [3.05, 3.63) is 48.0 Å². The number of aromatic nitrogens is 3. The van der Waals surface area contributed by atoms with Gasteiger partial charge >= 0.3 is 0 Å². The Hall–Kier alpha value is -1.76. The summed E-state index contributed by atoms with van der Waals surface area (Å²) in [4.78, 5) is 6.80. The normalized spacial score (nSPS) is 25.7. The topological polar surface area (TPSA) is 52.4 Å². The number of ether oxygens (including phenoxy) is 2. The molecule has 4 heterocycles. The van der Waals surface area contributed by atoms with Gasteiger partial charge in [-0.1, -0.05) is 6.07 Å². The number of hydrogen-bond donors (Lipinski definition) is 0. The Labute approximate surface area is 155 Å². The number of pyridine rings is 1. The van der Waals surface area contributed by atoms with Gasteiger partial charge in [-0.05, 0) is 31.4 Å². The van der Waals surface area contributed by atoms with Gasteiger partial charge in [0, 0.05) is 56.7 Å². The van der Waals surface area contributed by atoms with Crippen LogP contribution in [-0.4, -0.2) is 52.1 Å². The molecule has 2 saturated heterocycles. The Bertz CT molecular complexity index is 690. The summed E-state index contributed by atoms with van der Waals surface area (Å²) in [7, 11) is 0. The molecule has 0 bridgehead atoms. The quantitative estimate of drug-likeness (QED) is 0.680. The van der Waals surface area contributed by atoms with Gasteiger partial charge in [-0.3, -0.25) is 14.6 Å². The summed E-state index contributed by atoms with van der Waals surface area (Å²) in [5, 5.41) is 4.38. The second-order valence-corrected chi connectivity index (χ2v) is 7.36. The Kier molecular flexibility index (Phi) is 5.62. The number of nitrogens with zero attached hydrogens (tertiary/aromatic N) is 4. The number of likely N-dealkylation sites (tertiary alicyclic amines) is 1. The second kappa shape index (κ2) is 8.29. The van der Waals surface area contributed by atoms with Crippen LogP contribution < -0.4 is 0 Å². The summed E-state index contributed by atoms with van der Waals surface area (Å²) in [6.45, 7) is 8.41. The number of rotatable bonds is 8. The molecule has 6 nitrogen and oxygen atoms in total. The first kappa shape index (κ1) is 17.6. The van der Waals surface area contributed by atoms with Gasteiger partial charge in [-0.25, -0.2) is 0 Å². The van der Waals surface area contributed by atoms with Gasteiger partial charge in [-0.15, -0.1) is 0 Å². The highest BCUT2D eigenvalue weighted by atomic mass is 16.5. The Balaban J connectivity index is 1.21. The third-order valence-corrected chi connectivity index (χ3v) is 5.54. The van der Waals surface area contributed by atoms with Gasteiger partial charge in [0.15, 0.2) is 0 Å². The fourth-order valence-electron chi connectivity index (χ4n) is 4.12. The molecule has 0 amide bonds. The fourth-order valence-corrected chi connectivity index (χ4v) is 4.12. The standard InChI is InChI=1S/C20H28N4O2/c1-2-24-11-16(9-22-24)10-23-12-19-17(14-26-20(19)13-23)6-8-25-15-18-5-3-4-7-21-18/h3-5,7,9,11,17,19-20H,2,6,8,10,12-15H2,1H3/t17-,19-,20-/m0/s1. The predicted octanol–water partition coefficient (Wildman–Crippen LogP) is 2.35. The van der Waals surface area contributed by atoms with E-state index in [2.05, 4.69) is 28.1 Å². The highest BCUT2D eigenvalue weighted by Crippen LogP contribution is 2.36. The summed E-state index contributed by atoms with van der Waals surface area (Å²) < 4.78 is 13.9. The average Bonchev–Trinajstić information content (AvgIpc) is 3.37. The van der Waals surface area contributed by atoms with E-state index in [-0.39, 0.29) is 0 Å². The molecule has 0 N–H and O–H groups in total. The van der Waals surface area contributed by atoms with Gasteiger partial charge in [0.25, 0.3) is 0 Å². The molecular formula is C20H28N4O2. The summed E-state index contributed by atoms with van der Waals surface area (Å²) in [6.07, 6.45) is 7.40. The van der Waals surface area contributed by atoms with E-state index in [1.165, 1.54) is 5.56 Å². The SMILES string of the molecule is CCn1cc(CN2C[C@H]3[C@@H](CCOCc4ccccn4)CO[C@H]3C2)cn1. The van der Waals surface area contributed by atoms with Crippen LogP contribution in [0.5, 0.6) is 0 Å². The minimum absolute atomic E-state index is 0.386. The molecule has 140 valence electrons. The Morgan fingerprint density at radius 1 is 1.31 bits per heavy atom. The van der Waals surface area contributed by atoms with Crippen molar-refractivity contribution in [2.24, 2.45) is 11.8 Å². The van der Waals surface area contributed by atoms with E-state index >= 15 is 0 Å². The minimum atomic E-state index is 0.386. The third kappa shape index (κ3) is 4.14. The molecule has 26 heavy (non-hydrogen) atoms. The molecular weight excluding hydrogens is 328 g/mol. The van der Waals surface area contributed by atoms with Crippen LogP contribution in [0, 0.1) is 11.8 Å². The van der Waals surface area contributed by atoms with Crippen LogP contribution >= 0.6 is 0 Å².